The van der Waals surface area contributed by atoms with Gasteiger partial charge in [-0.3, -0.25) is 9.36 Å². The second kappa shape index (κ2) is 24.8. The van der Waals surface area contributed by atoms with Crippen molar-refractivity contribution in [3.63, 3.8) is 0 Å². The van der Waals surface area contributed by atoms with Gasteiger partial charge in [0.15, 0.2) is 0 Å². The number of ether oxygens (including phenoxy) is 2. The number of rotatable bonds is 27. The van der Waals surface area contributed by atoms with Gasteiger partial charge < -0.3 is 27.9 Å². The fourth-order valence-electron chi connectivity index (χ4n) is 3.61. The minimum absolute atomic E-state index is 0.0216. The maximum Gasteiger partial charge on any atom is 0.305 e. The number of phosphoric ester groups is 1. The first kappa shape index (κ1) is 38.0. The highest BCUT2D eigenvalue weighted by atomic mass is 31.2. The Bertz CT molecular complexity index is 691. The van der Waals surface area contributed by atoms with Gasteiger partial charge in [-0.25, -0.2) is 0 Å². The van der Waals surface area contributed by atoms with Crippen LogP contribution in [0.4, 0.5) is 0 Å². The number of carbonyl (C=O) groups excluding carboxylic acids is 1. The zero-order valence-corrected chi connectivity index (χ0v) is 26.5. The van der Waals surface area contributed by atoms with Crippen LogP contribution in [0.3, 0.4) is 0 Å². The molecular formula is C30H58NO7P. The molecule has 0 aliphatic carbocycles. The number of hydrogen-bond acceptors (Lipinski definition) is 7. The van der Waals surface area contributed by atoms with Crippen LogP contribution >= 0.6 is 7.82 Å². The van der Waals surface area contributed by atoms with Gasteiger partial charge in [-0.05, 0) is 38.5 Å². The van der Waals surface area contributed by atoms with Crippen molar-refractivity contribution >= 4 is 13.8 Å². The van der Waals surface area contributed by atoms with E-state index >= 15 is 0 Å². The van der Waals surface area contributed by atoms with E-state index < -0.39 is 19.9 Å². The van der Waals surface area contributed by atoms with Crippen LogP contribution in [0.25, 0.3) is 0 Å². The highest BCUT2D eigenvalue weighted by molar-refractivity contribution is 7.45. The minimum Gasteiger partial charge on any atom is -0.756 e. The Morgan fingerprint density at radius 3 is 1.97 bits per heavy atom. The summed E-state index contributed by atoms with van der Waals surface area (Å²) < 4.78 is 33.4. The van der Waals surface area contributed by atoms with Crippen molar-refractivity contribution in [3.8, 4) is 0 Å². The number of phosphoric acid groups is 1. The number of nitrogens with zero attached hydrogens (tertiary/aromatic N) is 1. The molecule has 0 aliphatic rings. The van der Waals surface area contributed by atoms with Gasteiger partial charge in [0, 0.05) is 13.0 Å². The van der Waals surface area contributed by atoms with Crippen LogP contribution in [0.2, 0.25) is 0 Å². The van der Waals surface area contributed by atoms with E-state index in [9.17, 15) is 14.3 Å². The summed E-state index contributed by atoms with van der Waals surface area (Å²) in [5, 5.41) is 0. The second-order valence-electron chi connectivity index (χ2n) is 11.1. The summed E-state index contributed by atoms with van der Waals surface area (Å²) in [4.78, 5) is 23.7. The largest absolute Gasteiger partial charge is 0.756 e. The van der Waals surface area contributed by atoms with Crippen LogP contribution in [0.1, 0.15) is 104 Å². The molecule has 0 radical (unpaired) electrons. The topological polar surface area (TPSA) is 94.1 Å². The van der Waals surface area contributed by atoms with Gasteiger partial charge in [0.2, 0.25) is 0 Å². The van der Waals surface area contributed by atoms with E-state index in [-0.39, 0.29) is 26.2 Å². The zero-order valence-electron chi connectivity index (χ0n) is 25.6. The van der Waals surface area contributed by atoms with Crippen molar-refractivity contribution in [2.75, 3.05) is 54.1 Å². The van der Waals surface area contributed by atoms with E-state index in [2.05, 4.69) is 31.2 Å². The average Bonchev–Trinajstić information content (AvgIpc) is 2.87. The van der Waals surface area contributed by atoms with E-state index in [1.165, 1.54) is 51.4 Å². The highest BCUT2D eigenvalue weighted by Crippen LogP contribution is 2.38. The molecule has 0 aromatic carbocycles. The maximum atomic E-state index is 12.0. The Labute approximate surface area is 239 Å². The van der Waals surface area contributed by atoms with Crippen LogP contribution in [0, 0.1) is 0 Å². The summed E-state index contributed by atoms with van der Waals surface area (Å²) in [6.07, 6.45) is 24.1. The monoisotopic (exact) mass is 575 g/mol. The van der Waals surface area contributed by atoms with Crippen molar-refractivity contribution in [2.24, 2.45) is 0 Å². The van der Waals surface area contributed by atoms with E-state index in [1.807, 2.05) is 21.1 Å². The van der Waals surface area contributed by atoms with Crippen molar-refractivity contribution in [1.29, 1.82) is 0 Å². The first-order valence-corrected chi connectivity index (χ1v) is 16.5. The molecule has 39 heavy (non-hydrogen) atoms. The number of carbonyl (C=O) groups is 1. The fourth-order valence-corrected chi connectivity index (χ4v) is 4.34. The SMILES string of the molecule is CCCCCC/C=C\C/C=C\CCCCCCCCOCC(COP(=O)([O-])OCC[N+](C)(C)C)OC(=O)CC. The van der Waals surface area contributed by atoms with Crippen LogP contribution in [-0.2, 0) is 27.9 Å². The summed E-state index contributed by atoms with van der Waals surface area (Å²) in [5.74, 6) is -0.428. The lowest BCUT2D eigenvalue weighted by Gasteiger charge is -2.28. The molecule has 0 amide bonds. The smallest absolute Gasteiger partial charge is 0.305 e. The molecule has 0 bridgehead atoms. The first-order chi connectivity index (χ1) is 18.6. The highest BCUT2D eigenvalue weighted by Gasteiger charge is 2.19. The Kier molecular flexibility index (Phi) is 24.1. The van der Waals surface area contributed by atoms with Gasteiger partial charge in [0.1, 0.15) is 19.3 Å². The first-order valence-electron chi connectivity index (χ1n) is 15.1. The predicted molar refractivity (Wildman–Crippen MR) is 157 cm³/mol. The van der Waals surface area contributed by atoms with Gasteiger partial charge >= 0.3 is 5.97 Å². The number of quaternary nitrogens is 1. The number of hydrogen-bond donors (Lipinski definition) is 0. The summed E-state index contributed by atoms with van der Waals surface area (Å²) in [7, 11) is 1.34. The summed E-state index contributed by atoms with van der Waals surface area (Å²) >= 11 is 0. The van der Waals surface area contributed by atoms with E-state index in [4.69, 9.17) is 18.5 Å². The Balaban J connectivity index is 3.89. The quantitative estimate of drug-likeness (QED) is 0.0352. The molecule has 0 aliphatic heterocycles. The molecule has 0 aromatic rings. The van der Waals surface area contributed by atoms with Crippen molar-refractivity contribution < 1.29 is 37.3 Å². The number of allylic oxidation sites excluding steroid dienone is 4. The molecular weight excluding hydrogens is 517 g/mol. The van der Waals surface area contributed by atoms with Crippen LogP contribution in [0.15, 0.2) is 24.3 Å². The molecule has 0 aromatic heterocycles. The van der Waals surface area contributed by atoms with Gasteiger partial charge in [-0.1, -0.05) is 83.1 Å². The van der Waals surface area contributed by atoms with Gasteiger partial charge in [-0.15, -0.1) is 0 Å². The Hall–Kier alpha value is -1.02. The Morgan fingerprint density at radius 1 is 0.795 bits per heavy atom. The summed E-state index contributed by atoms with van der Waals surface area (Å²) in [5.41, 5.74) is 0. The number of unbranched alkanes of at least 4 members (excludes halogenated alkanes) is 10. The lowest BCUT2D eigenvalue weighted by molar-refractivity contribution is -0.870. The van der Waals surface area contributed by atoms with Crippen LogP contribution in [-0.4, -0.2) is 70.7 Å². The normalized spacial score (nSPS) is 14.7. The van der Waals surface area contributed by atoms with Gasteiger partial charge in [-0.2, -0.15) is 0 Å². The van der Waals surface area contributed by atoms with Crippen molar-refractivity contribution in [2.45, 2.75) is 110 Å². The lowest BCUT2D eigenvalue weighted by atomic mass is 10.1. The third kappa shape index (κ3) is 28.3. The van der Waals surface area contributed by atoms with Gasteiger partial charge in [0.25, 0.3) is 7.82 Å². The van der Waals surface area contributed by atoms with E-state index in [1.54, 1.807) is 6.92 Å². The molecule has 0 fully saturated rings. The maximum absolute atomic E-state index is 12.0. The van der Waals surface area contributed by atoms with Crippen molar-refractivity contribution in [3.05, 3.63) is 24.3 Å². The summed E-state index contributed by atoms with van der Waals surface area (Å²) in [6, 6.07) is 0. The summed E-state index contributed by atoms with van der Waals surface area (Å²) in [6.45, 7) is 4.76. The number of esters is 1. The Morgan fingerprint density at radius 2 is 1.38 bits per heavy atom. The van der Waals surface area contributed by atoms with Crippen LogP contribution in [0.5, 0.6) is 0 Å². The van der Waals surface area contributed by atoms with Crippen LogP contribution < -0.4 is 4.89 Å². The fraction of sp³-hybridized carbons (Fsp3) is 0.833. The molecule has 0 spiro atoms. The molecule has 230 valence electrons. The molecule has 2 atom stereocenters. The van der Waals surface area contributed by atoms with Gasteiger partial charge in [0.05, 0.1) is 34.4 Å². The van der Waals surface area contributed by atoms with E-state index in [0.717, 1.165) is 32.1 Å². The minimum atomic E-state index is -4.48. The molecule has 9 heteroatoms. The third-order valence-corrected chi connectivity index (χ3v) is 7.02. The second-order valence-corrected chi connectivity index (χ2v) is 12.5. The third-order valence-electron chi connectivity index (χ3n) is 6.06. The molecule has 0 rings (SSSR count). The predicted octanol–water partition coefficient (Wildman–Crippen LogP) is 6.74. The standard InChI is InChI=1S/C30H58NO7P/c1-6-8-9-10-11-12-13-14-15-16-17-18-19-20-21-22-23-25-35-27-29(38-30(32)7-2)28-37-39(33,34)36-26-24-31(3,4)5/h12-13,15-16,29H,6-11,14,17-28H2,1-5H3/b13-12-,16-15-. The molecule has 2 unspecified atom stereocenters. The lowest BCUT2D eigenvalue weighted by Crippen LogP contribution is -2.37. The molecule has 0 saturated carbocycles. The zero-order chi connectivity index (χ0) is 29.2. The molecule has 0 heterocycles. The average molecular weight is 576 g/mol. The molecule has 0 N–H and O–H groups in total. The van der Waals surface area contributed by atoms with Crippen molar-refractivity contribution in [1.82, 2.24) is 0 Å². The molecule has 0 saturated heterocycles. The number of likely N-dealkylation sites (N-methyl/N-ethyl adjacent to an activating group) is 1. The molecule has 8 nitrogen and oxygen atoms in total. The van der Waals surface area contributed by atoms with E-state index in [0.29, 0.717) is 17.6 Å².